The van der Waals surface area contributed by atoms with Crippen molar-refractivity contribution in [3.05, 3.63) is 28.3 Å². The molecule has 0 spiro atoms. The predicted octanol–water partition coefficient (Wildman–Crippen LogP) is 2.94. The van der Waals surface area contributed by atoms with E-state index in [2.05, 4.69) is 19.2 Å². The molecule has 1 fully saturated rings. The quantitative estimate of drug-likeness (QED) is 0.836. The summed E-state index contributed by atoms with van der Waals surface area (Å²) in [6.07, 6.45) is 0. The number of aryl methyl sites for hydroxylation is 1. The second-order valence-corrected chi connectivity index (χ2v) is 4.61. The van der Waals surface area contributed by atoms with Crippen molar-refractivity contribution in [3.63, 3.8) is 0 Å². The lowest BCUT2D eigenvalue weighted by Crippen LogP contribution is -2.44. The van der Waals surface area contributed by atoms with Gasteiger partial charge in [0.25, 0.3) is 0 Å². The summed E-state index contributed by atoms with van der Waals surface area (Å²) in [4.78, 5) is 0. The van der Waals surface area contributed by atoms with Gasteiger partial charge in [0.05, 0.1) is 12.1 Å². The maximum atomic E-state index is 6.12. The molecule has 2 rings (SSSR count). The number of halogens is 1. The average molecular weight is 226 g/mol. The first kappa shape index (κ1) is 10.8. The molecule has 0 aliphatic carbocycles. The standard InChI is InChI=1S/C12H16ClNO/c1-7-4-11(15-3)10(13)5-9(7)12-8(2)6-14-12/h4-5,8,12,14H,6H2,1-3H3. The van der Waals surface area contributed by atoms with Crippen LogP contribution in [-0.4, -0.2) is 13.7 Å². The normalized spacial score (nSPS) is 24.8. The molecule has 1 saturated heterocycles. The highest BCUT2D eigenvalue weighted by molar-refractivity contribution is 6.32. The largest absolute Gasteiger partial charge is 0.495 e. The molecule has 1 aromatic carbocycles. The van der Waals surface area contributed by atoms with Crippen molar-refractivity contribution < 1.29 is 4.74 Å². The molecule has 1 aromatic rings. The smallest absolute Gasteiger partial charge is 0.137 e. The van der Waals surface area contributed by atoms with Gasteiger partial charge in [-0.25, -0.2) is 0 Å². The number of nitrogens with one attached hydrogen (secondary N) is 1. The summed E-state index contributed by atoms with van der Waals surface area (Å²) >= 11 is 6.12. The van der Waals surface area contributed by atoms with Gasteiger partial charge in [-0.3, -0.25) is 0 Å². The molecular weight excluding hydrogens is 210 g/mol. The minimum absolute atomic E-state index is 0.452. The Hall–Kier alpha value is -0.730. The Morgan fingerprint density at radius 2 is 2.20 bits per heavy atom. The highest BCUT2D eigenvalue weighted by Crippen LogP contribution is 2.36. The number of hydrogen-bond donors (Lipinski definition) is 1. The lowest BCUT2D eigenvalue weighted by atomic mass is 9.85. The zero-order chi connectivity index (χ0) is 11.0. The van der Waals surface area contributed by atoms with Crippen LogP contribution in [0.4, 0.5) is 0 Å². The van der Waals surface area contributed by atoms with Crippen LogP contribution in [0.2, 0.25) is 5.02 Å². The zero-order valence-electron chi connectivity index (χ0n) is 9.30. The molecule has 1 aliphatic rings. The van der Waals surface area contributed by atoms with Crippen LogP contribution >= 0.6 is 11.6 Å². The Morgan fingerprint density at radius 3 is 2.67 bits per heavy atom. The first-order valence-electron chi connectivity index (χ1n) is 5.21. The third-order valence-electron chi connectivity index (χ3n) is 3.10. The number of rotatable bonds is 2. The molecule has 2 unspecified atom stereocenters. The summed E-state index contributed by atoms with van der Waals surface area (Å²) in [5, 5.41) is 4.11. The van der Waals surface area contributed by atoms with Crippen molar-refractivity contribution in [1.82, 2.24) is 5.32 Å². The molecule has 3 heteroatoms. The highest BCUT2D eigenvalue weighted by Gasteiger charge is 2.29. The maximum Gasteiger partial charge on any atom is 0.137 e. The van der Waals surface area contributed by atoms with Crippen LogP contribution in [0.25, 0.3) is 0 Å². The van der Waals surface area contributed by atoms with Gasteiger partial charge >= 0.3 is 0 Å². The molecule has 1 heterocycles. The van der Waals surface area contributed by atoms with Crippen LogP contribution in [0.3, 0.4) is 0 Å². The molecule has 82 valence electrons. The second-order valence-electron chi connectivity index (χ2n) is 4.21. The highest BCUT2D eigenvalue weighted by atomic mass is 35.5. The number of methoxy groups -OCH3 is 1. The molecule has 15 heavy (non-hydrogen) atoms. The van der Waals surface area contributed by atoms with Crippen molar-refractivity contribution in [1.29, 1.82) is 0 Å². The summed E-state index contributed by atoms with van der Waals surface area (Å²) in [7, 11) is 1.64. The minimum Gasteiger partial charge on any atom is -0.495 e. The van der Waals surface area contributed by atoms with Gasteiger partial charge in [0.1, 0.15) is 5.75 Å². The summed E-state index contributed by atoms with van der Waals surface area (Å²) in [6.45, 7) is 5.44. The molecule has 2 nitrogen and oxygen atoms in total. The van der Waals surface area contributed by atoms with Crippen LogP contribution < -0.4 is 10.1 Å². The first-order valence-corrected chi connectivity index (χ1v) is 5.58. The van der Waals surface area contributed by atoms with Crippen LogP contribution in [0.5, 0.6) is 5.75 Å². The number of benzene rings is 1. The van der Waals surface area contributed by atoms with Crippen molar-refractivity contribution in [3.8, 4) is 5.75 Å². The first-order chi connectivity index (χ1) is 7.13. The van der Waals surface area contributed by atoms with E-state index in [1.807, 2.05) is 12.1 Å². The molecule has 0 aromatic heterocycles. The summed E-state index contributed by atoms with van der Waals surface area (Å²) < 4.78 is 5.19. The monoisotopic (exact) mass is 225 g/mol. The Labute approximate surface area is 95.6 Å². The number of hydrogen-bond acceptors (Lipinski definition) is 2. The van der Waals surface area contributed by atoms with E-state index in [-0.39, 0.29) is 0 Å². The van der Waals surface area contributed by atoms with Gasteiger partial charge in [0.15, 0.2) is 0 Å². The summed E-state index contributed by atoms with van der Waals surface area (Å²) in [5.41, 5.74) is 2.53. The molecule has 0 bridgehead atoms. The fraction of sp³-hybridized carbons (Fsp3) is 0.500. The third-order valence-corrected chi connectivity index (χ3v) is 3.40. The van der Waals surface area contributed by atoms with E-state index in [0.717, 1.165) is 12.3 Å². The Balaban J connectivity index is 2.36. The molecule has 0 amide bonds. The van der Waals surface area contributed by atoms with Gasteiger partial charge in [-0.05, 0) is 36.1 Å². The van der Waals surface area contributed by atoms with Crippen LogP contribution in [0.1, 0.15) is 24.1 Å². The van der Waals surface area contributed by atoms with Gasteiger partial charge < -0.3 is 10.1 Å². The van der Waals surface area contributed by atoms with E-state index in [1.54, 1.807) is 7.11 Å². The van der Waals surface area contributed by atoms with Gasteiger partial charge in [-0.1, -0.05) is 18.5 Å². The van der Waals surface area contributed by atoms with Crippen LogP contribution in [0.15, 0.2) is 12.1 Å². The minimum atomic E-state index is 0.452. The van der Waals surface area contributed by atoms with Crippen LogP contribution in [0, 0.1) is 12.8 Å². The molecule has 1 N–H and O–H groups in total. The van der Waals surface area contributed by atoms with Crippen molar-refractivity contribution in [2.75, 3.05) is 13.7 Å². The maximum absolute atomic E-state index is 6.12. The average Bonchev–Trinajstić information content (AvgIpc) is 2.20. The van der Waals surface area contributed by atoms with E-state index >= 15 is 0 Å². The summed E-state index contributed by atoms with van der Waals surface area (Å²) in [5.74, 6) is 1.44. The Morgan fingerprint density at radius 1 is 1.47 bits per heavy atom. The van der Waals surface area contributed by atoms with Crippen molar-refractivity contribution in [2.45, 2.75) is 19.9 Å². The summed E-state index contributed by atoms with van der Waals surface area (Å²) in [6, 6.07) is 4.47. The Kier molecular flexibility index (Phi) is 2.89. The predicted molar refractivity (Wildman–Crippen MR) is 62.6 cm³/mol. The molecule has 0 saturated carbocycles. The molecular formula is C12H16ClNO. The molecule has 1 aliphatic heterocycles. The second kappa shape index (κ2) is 4.03. The van der Waals surface area contributed by atoms with Crippen molar-refractivity contribution in [2.24, 2.45) is 5.92 Å². The lowest BCUT2D eigenvalue weighted by molar-refractivity contribution is 0.257. The SMILES string of the molecule is COc1cc(C)c(C2NCC2C)cc1Cl. The van der Waals surface area contributed by atoms with Crippen LogP contribution in [-0.2, 0) is 0 Å². The van der Waals surface area contributed by atoms with E-state index in [1.165, 1.54) is 11.1 Å². The topological polar surface area (TPSA) is 21.3 Å². The van der Waals surface area contributed by atoms with E-state index in [9.17, 15) is 0 Å². The zero-order valence-corrected chi connectivity index (χ0v) is 10.1. The third kappa shape index (κ3) is 1.84. The van der Waals surface area contributed by atoms with Gasteiger partial charge in [0.2, 0.25) is 0 Å². The fourth-order valence-corrected chi connectivity index (χ4v) is 2.30. The molecule has 2 atom stereocenters. The van der Waals surface area contributed by atoms with E-state index in [0.29, 0.717) is 17.0 Å². The van der Waals surface area contributed by atoms with Gasteiger partial charge in [-0.15, -0.1) is 0 Å². The molecule has 0 radical (unpaired) electrons. The van der Waals surface area contributed by atoms with E-state index < -0.39 is 0 Å². The van der Waals surface area contributed by atoms with E-state index in [4.69, 9.17) is 16.3 Å². The van der Waals surface area contributed by atoms with Crippen molar-refractivity contribution >= 4 is 11.6 Å². The van der Waals surface area contributed by atoms with Gasteiger partial charge in [0, 0.05) is 12.6 Å². The Bertz CT molecular complexity index is 378. The fourth-order valence-electron chi connectivity index (χ4n) is 2.05. The lowest BCUT2D eigenvalue weighted by Gasteiger charge is -2.37. The van der Waals surface area contributed by atoms with Gasteiger partial charge in [-0.2, -0.15) is 0 Å². The number of ether oxygens (including phenoxy) is 1.